The molecule has 0 aliphatic heterocycles. The Hall–Kier alpha value is -0.590. The average Bonchev–Trinajstić information content (AvgIpc) is 2.45. The first-order valence-corrected chi connectivity index (χ1v) is 5.78. The summed E-state index contributed by atoms with van der Waals surface area (Å²) in [4.78, 5) is 12.0. The fourth-order valence-corrected chi connectivity index (χ4v) is 3.67. The van der Waals surface area contributed by atoms with E-state index >= 15 is 0 Å². The van der Waals surface area contributed by atoms with Gasteiger partial charge in [-0.15, -0.1) is 0 Å². The normalized spacial score (nSPS) is 43.1. The number of Topliss-reactive ketones (excluding diaryl/α,β-unsaturated/α-hetero) is 1. The lowest BCUT2D eigenvalue weighted by atomic mass is 9.61. The van der Waals surface area contributed by atoms with Crippen molar-refractivity contribution in [2.75, 3.05) is 0 Å². The van der Waals surface area contributed by atoms with E-state index in [-0.39, 0.29) is 5.41 Å². The summed E-state index contributed by atoms with van der Waals surface area (Å²) < 4.78 is 0. The molecular formula is C13H20O. The van der Waals surface area contributed by atoms with Gasteiger partial charge >= 0.3 is 0 Å². The summed E-state index contributed by atoms with van der Waals surface area (Å²) in [6.45, 7) is 6.68. The minimum Gasteiger partial charge on any atom is -0.299 e. The van der Waals surface area contributed by atoms with Gasteiger partial charge in [-0.05, 0) is 38.0 Å². The van der Waals surface area contributed by atoms with Gasteiger partial charge in [0.05, 0.1) is 0 Å². The second-order valence-electron chi connectivity index (χ2n) is 5.22. The third kappa shape index (κ3) is 1.18. The number of ketones is 1. The standard InChI is InChI=1S/C13H20O/c1-9-7-10(2)13(11(3)8-9)6-4-5-12(13)14/h7,10-11H,4-6,8H2,1-3H3. The smallest absolute Gasteiger partial charge is 0.139 e. The van der Waals surface area contributed by atoms with Crippen LogP contribution in [0.1, 0.15) is 46.5 Å². The van der Waals surface area contributed by atoms with Crippen LogP contribution in [0.4, 0.5) is 0 Å². The molecule has 1 saturated carbocycles. The summed E-state index contributed by atoms with van der Waals surface area (Å²) in [6.07, 6.45) is 6.50. The lowest BCUT2D eigenvalue weighted by molar-refractivity contribution is -0.130. The summed E-state index contributed by atoms with van der Waals surface area (Å²) in [5, 5.41) is 0. The van der Waals surface area contributed by atoms with Crippen LogP contribution in [0.2, 0.25) is 0 Å². The molecule has 1 spiro atoms. The lowest BCUT2D eigenvalue weighted by Crippen LogP contribution is -2.41. The number of allylic oxidation sites excluding steroid dienone is 2. The van der Waals surface area contributed by atoms with Gasteiger partial charge in [-0.25, -0.2) is 0 Å². The van der Waals surface area contributed by atoms with Crippen molar-refractivity contribution in [1.82, 2.24) is 0 Å². The molecule has 0 radical (unpaired) electrons. The molecule has 1 heteroatoms. The van der Waals surface area contributed by atoms with E-state index in [0.717, 1.165) is 25.7 Å². The van der Waals surface area contributed by atoms with Crippen LogP contribution in [0.3, 0.4) is 0 Å². The highest BCUT2D eigenvalue weighted by Gasteiger charge is 2.50. The summed E-state index contributed by atoms with van der Waals surface area (Å²) >= 11 is 0. The number of carbonyl (C=O) groups is 1. The van der Waals surface area contributed by atoms with E-state index in [0.29, 0.717) is 17.6 Å². The largest absolute Gasteiger partial charge is 0.299 e. The topological polar surface area (TPSA) is 17.1 Å². The highest BCUT2D eigenvalue weighted by atomic mass is 16.1. The van der Waals surface area contributed by atoms with E-state index in [2.05, 4.69) is 26.8 Å². The van der Waals surface area contributed by atoms with Crippen LogP contribution in [0.25, 0.3) is 0 Å². The molecule has 3 atom stereocenters. The van der Waals surface area contributed by atoms with Crippen molar-refractivity contribution in [2.45, 2.75) is 46.5 Å². The van der Waals surface area contributed by atoms with E-state index in [1.54, 1.807) is 0 Å². The predicted molar refractivity (Wildman–Crippen MR) is 58.0 cm³/mol. The van der Waals surface area contributed by atoms with E-state index in [4.69, 9.17) is 0 Å². The monoisotopic (exact) mass is 192 g/mol. The molecule has 2 aliphatic rings. The molecule has 2 aliphatic carbocycles. The number of hydrogen-bond donors (Lipinski definition) is 0. The van der Waals surface area contributed by atoms with Crippen LogP contribution >= 0.6 is 0 Å². The fourth-order valence-electron chi connectivity index (χ4n) is 3.67. The van der Waals surface area contributed by atoms with Crippen LogP contribution in [-0.2, 0) is 4.79 Å². The van der Waals surface area contributed by atoms with Gasteiger partial charge in [0.15, 0.2) is 0 Å². The van der Waals surface area contributed by atoms with Crippen molar-refractivity contribution in [3.8, 4) is 0 Å². The van der Waals surface area contributed by atoms with Gasteiger partial charge in [0.1, 0.15) is 5.78 Å². The van der Waals surface area contributed by atoms with Gasteiger partial charge in [-0.1, -0.05) is 25.5 Å². The number of carbonyl (C=O) groups excluding carboxylic acids is 1. The second kappa shape index (κ2) is 3.22. The van der Waals surface area contributed by atoms with Crippen LogP contribution in [0, 0.1) is 17.3 Å². The molecule has 3 unspecified atom stereocenters. The number of hydrogen-bond acceptors (Lipinski definition) is 1. The molecule has 2 rings (SSSR count). The molecule has 14 heavy (non-hydrogen) atoms. The third-order valence-corrected chi connectivity index (χ3v) is 4.37. The molecule has 0 saturated heterocycles. The van der Waals surface area contributed by atoms with Crippen LogP contribution in [-0.4, -0.2) is 5.78 Å². The van der Waals surface area contributed by atoms with Gasteiger partial charge in [-0.3, -0.25) is 4.79 Å². The summed E-state index contributed by atoms with van der Waals surface area (Å²) in [6, 6.07) is 0. The van der Waals surface area contributed by atoms with Crippen molar-refractivity contribution in [3.63, 3.8) is 0 Å². The maximum Gasteiger partial charge on any atom is 0.139 e. The minimum absolute atomic E-state index is 0.0134. The summed E-state index contributed by atoms with van der Waals surface area (Å²) in [5.41, 5.74) is 1.48. The van der Waals surface area contributed by atoms with Crippen LogP contribution in [0.5, 0.6) is 0 Å². The first kappa shape index (κ1) is 9.95. The zero-order chi connectivity index (χ0) is 10.3. The molecule has 0 N–H and O–H groups in total. The van der Waals surface area contributed by atoms with Gasteiger partial charge in [-0.2, -0.15) is 0 Å². The Morgan fingerprint density at radius 3 is 2.64 bits per heavy atom. The predicted octanol–water partition coefficient (Wildman–Crippen LogP) is 3.35. The van der Waals surface area contributed by atoms with E-state index < -0.39 is 0 Å². The van der Waals surface area contributed by atoms with Crippen molar-refractivity contribution in [2.24, 2.45) is 17.3 Å². The zero-order valence-electron chi connectivity index (χ0n) is 9.47. The third-order valence-electron chi connectivity index (χ3n) is 4.37. The molecular weight excluding hydrogens is 172 g/mol. The average molecular weight is 192 g/mol. The molecule has 1 nitrogen and oxygen atoms in total. The summed E-state index contributed by atoms with van der Waals surface area (Å²) in [7, 11) is 0. The molecule has 0 heterocycles. The zero-order valence-corrected chi connectivity index (χ0v) is 9.47. The Bertz CT molecular complexity index is 290. The molecule has 78 valence electrons. The highest BCUT2D eigenvalue weighted by Crippen LogP contribution is 2.52. The molecule has 0 aromatic rings. The van der Waals surface area contributed by atoms with Gasteiger partial charge in [0.2, 0.25) is 0 Å². The van der Waals surface area contributed by atoms with E-state index in [9.17, 15) is 4.79 Å². The lowest BCUT2D eigenvalue weighted by Gasteiger charge is -2.42. The molecule has 0 aromatic carbocycles. The van der Waals surface area contributed by atoms with E-state index in [1.165, 1.54) is 5.57 Å². The first-order valence-electron chi connectivity index (χ1n) is 5.78. The minimum atomic E-state index is 0.0134. The molecule has 0 bridgehead atoms. The molecule has 0 amide bonds. The molecule has 1 fully saturated rings. The van der Waals surface area contributed by atoms with Crippen molar-refractivity contribution >= 4 is 5.78 Å². The van der Waals surface area contributed by atoms with Crippen molar-refractivity contribution in [3.05, 3.63) is 11.6 Å². The fraction of sp³-hybridized carbons (Fsp3) is 0.769. The van der Waals surface area contributed by atoms with Crippen LogP contribution in [0.15, 0.2) is 11.6 Å². The molecule has 0 aromatic heterocycles. The maximum absolute atomic E-state index is 12.0. The van der Waals surface area contributed by atoms with Crippen molar-refractivity contribution < 1.29 is 4.79 Å². The van der Waals surface area contributed by atoms with Crippen LogP contribution < -0.4 is 0 Å². The Balaban J connectivity index is 2.38. The summed E-state index contributed by atoms with van der Waals surface area (Å²) in [5.74, 6) is 1.54. The van der Waals surface area contributed by atoms with E-state index in [1.807, 2.05) is 0 Å². The SMILES string of the molecule is CC1=CC(C)C2(CCCC2=O)C(C)C1. The first-order chi connectivity index (χ1) is 6.57. The van der Waals surface area contributed by atoms with Gasteiger partial charge < -0.3 is 0 Å². The number of rotatable bonds is 0. The Labute approximate surface area is 86.6 Å². The van der Waals surface area contributed by atoms with Gasteiger partial charge in [0, 0.05) is 11.8 Å². The maximum atomic E-state index is 12.0. The van der Waals surface area contributed by atoms with Crippen molar-refractivity contribution in [1.29, 1.82) is 0 Å². The second-order valence-corrected chi connectivity index (χ2v) is 5.22. The Morgan fingerprint density at radius 1 is 1.43 bits per heavy atom. The Morgan fingerprint density at radius 2 is 2.14 bits per heavy atom. The Kier molecular flexibility index (Phi) is 2.29. The quantitative estimate of drug-likeness (QED) is 0.538. The van der Waals surface area contributed by atoms with Gasteiger partial charge in [0.25, 0.3) is 0 Å². The highest BCUT2D eigenvalue weighted by molar-refractivity contribution is 5.87.